The Labute approximate surface area is 114 Å². The highest BCUT2D eigenvalue weighted by Crippen LogP contribution is 2.11. The third-order valence-corrected chi connectivity index (χ3v) is 2.72. The average molecular weight is 254 g/mol. The van der Waals surface area contributed by atoms with Crippen LogP contribution in [0.25, 0.3) is 0 Å². The van der Waals surface area contributed by atoms with Gasteiger partial charge in [-0.1, -0.05) is 68.4 Å². The third kappa shape index (κ3) is 4.88. The van der Waals surface area contributed by atoms with E-state index in [-0.39, 0.29) is 0 Å². The Morgan fingerprint density at radius 3 is 1.47 bits per heavy atom. The van der Waals surface area contributed by atoms with Crippen molar-refractivity contribution in [2.24, 2.45) is 0 Å². The molecule has 0 aromatic heterocycles. The van der Waals surface area contributed by atoms with Crippen LogP contribution >= 0.6 is 0 Å². The van der Waals surface area contributed by atoms with Gasteiger partial charge < -0.3 is 0 Å². The quantitative estimate of drug-likeness (QED) is 0.772. The molecule has 2 heteroatoms. The topological polar surface area (TPSA) is 34.1 Å². The molecule has 0 N–H and O–H groups in total. The summed E-state index contributed by atoms with van der Waals surface area (Å²) in [4.78, 5) is 20.5. The van der Waals surface area contributed by atoms with Crippen LogP contribution in [0.15, 0.2) is 54.6 Å². The molecule has 0 aliphatic rings. The van der Waals surface area contributed by atoms with Crippen LogP contribution in [0.2, 0.25) is 0 Å². The first-order valence-electron chi connectivity index (χ1n) is 6.23. The second-order valence-corrected chi connectivity index (χ2v) is 4.43. The Kier molecular flexibility index (Phi) is 6.23. The summed E-state index contributed by atoms with van der Waals surface area (Å²) in [5.41, 5.74) is 2.30. The van der Waals surface area contributed by atoms with E-state index in [2.05, 4.69) is 38.1 Å². The fourth-order valence-corrected chi connectivity index (χ4v) is 1.56. The molecule has 0 bridgehead atoms. The Bertz CT molecular complexity index is 489. The molecule has 0 aliphatic carbocycles. The van der Waals surface area contributed by atoms with Crippen molar-refractivity contribution in [1.29, 1.82) is 0 Å². The van der Waals surface area contributed by atoms with Crippen molar-refractivity contribution >= 4 is 12.6 Å². The summed E-state index contributed by atoms with van der Waals surface area (Å²) in [6.45, 7) is 4.41. The molecule has 0 saturated carbocycles. The molecule has 19 heavy (non-hydrogen) atoms. The second-order valence-electron chi connectivity index (χ2n) is 4.43. The molecule has 0 fully saturated rings. The van der Waals surface area contributed by atoms with E-state index in [0.717, 1.165) is 0 Å². The number of carbonyl (C=O) groups is 2. The van der Waals surface area contributed by atoms with Gasteiger partial charge in [0.15, 0.2) is 12.6 Å². The second kappa shape index (κ2) is 7.98. The van der Waals surface area contributed by atoms with E-state index in [1.807, 2.05) is 6.07 Å². The number of aldehydes is 2. The third-order valence-electron chi connectivity index (χ3n) is 2.72. The van der Waals surface area contributed by atoms with Crippen LogP contribution in [0, 0.1) is 0 Å². The summed E-state index contributed by atoms with van der Waals surface area (Å²) in [7, 11) is 0. The van der Waals surface area contributed by atoms with Crippen molar-refractivity contribution in [2.45, 2.75) is 19.8 Å². The van der Waals surface area contributed by atoms with Gasteiger partial charge in [0.2, 0.25) is 0 Å². The van der Waals surface area contributed by atoms with Crippen molar-refractivity contribution < 1.29 is 9.59 Å². The lowest BCUT2D eigenvalue weighted by Crippen LogP contribution is -1.87. The predicted octanol–water partition coefficient (Wildman–Crippen LogP) is 4.12. The first-order chi connectivity index (χ1) is 9.19. The van der Waals surface area contributed by atoms with E-state index in [9.17, 15) is 9.59 Å². The Hall–Kier alpha value is -2.22. The number of hydrogen-bond acceptors (Lipinski definition) is 2. The fraction of sp³-hybridized carbons (Fsp3) is 0.176. The molecule has 0 heterocycles. The Morgan fingerprint density at radius 1 is 0.737 bits per heavy atom. The van der Waals surface area contributed by atoms with E-state index in [1.54, 1.807) is 24.3 Å². The molecule has 0 atom stereocenters. The smallest absolute Gasteiger partial charge is 0.150 e. The molecule has 0 radical (unpaired) electrons. The maximum Gasteiger partial charge on any atom is 0.150 e. The number of benzene rings is 2. The van der Waals surface area contributed by atoms with E-state index in [0.29, 0.717) is 29.6 Å². The SMILES string of the molecule is CC(C)c1ccccc1.O=Cc1ccccc1C=O. The van der Waals surface area contributed by atoms with Crippen molar-refractivity contribution in [1.82, 2.24) is 0 Å². The first kappa shape index (κ1) is 14.8. The van der Waals surface area contributed by atoms with Crippen molar-refractivity contribution in [3.8, 4) is 0 Å². The molecule has 98 valence electrons. The minimum Gasteiger partial charge on any atom is -0.298 e. The van der Waals surface area contributed by atoms with Crippen LogP contribution in [0.3, 0.4) is 0 Å². The maximum absolute atomic E-state index is 10.2. The lowest BCUT2D eigenvalue weighted by Gasteiger charge is -2.01. The van der Waals surface area contributed by atoms with Crippen LogP contribution in [0.1, 0.15) is 46.0 Å². The first-order valence-corrected chi connectivity index (χ1v) is 6.23. The largest absolute Gasteiger partial charge is 0.298 e. The maximum atomic E-state index is 10.2. The molecule has 2 nitrogen and oxygen atoms in total. The fourth-order valence-electron chi connectivity index (χ4n) is 1.56. The highest BCUT2D eigenvalue weighted by atomic mass is 16.1. The normalized spacial score (nSPS) is 9.42. The highest BCUT2D eigenvalue weighted by Gasteiger charge is 1.95. The molecular weight excluding hydrogens is 236 g/mol. The zero-order valence-corrected chi connectivity index (χ0v) is 11.2. The van der Waals surface area contributed by atoms with Gasteiger partial charge in [-0.25, -0.2) is 0 Å². The highest BCUT2D eigenvalue weighted by molar-refractivity contribution is 5.89. The van der Waals surface area contributed by atoms with Crippen molar-refractivity contribution in [2.75, 3.05) is 0 Å². The minimum absolute atomic E-state index is 0.442. The van der Waals surface area contributed by atoms with Crippen LogP contribution < -0.4 is 0 Å². The van der Waals surface area contributed by atoms with Gasteiger partial charge in [0.25, 0.3) is 0 Å². The molecule has 0 unspecified atom stereocenters. The van der Waals surface area contributed by atoms with Gasteiger partial charge in [-0.2, -0.15) is 0 Å². The average Bonchev–Trinajstić information content (AvgIpc) is 2.48. The van der Waals surface area contributed by atoms with Gasteiger partial charge in [-0.05, 0) is 11.5 Å². The van der Waals surface area contributed by atoms with Crippen LogP contribution in [0.4, 0.5) is 0 Å². The van der Waals surface area contributed by atoms with E-state index >= 15 is 0 Å². The number of hydrogen-bond donors (Lipinski definition) is 0. The summed E-state index contributed by atoms with van der Waals surface area (Å²) in [6.07, 6.45) is 1.34. The summed E-state index contributed by atoms with van der Waals surface area (Å²) in [6, 6.07) is 17.2. The van der Waals surface area contributed by atoms with Gasteiger partial charge in [-0.3, -0.25) is 9.59 Å². The Balaban J connectivity index is 0.000000191. The van der Waals surface area contributed by atoms with Gasteiger partial charge in [0.05, 0.1) is 0 Å². The van der Waals surface area contributed by atoms with E-state index < -0.39 is 0 Å². The summed E-state index contributed by atoms with van der Waals surface area (Å²) in [5, 5.41) is 0. The lowest BCUT2D eigenvalue weighted by atomic mass is 10.0. The minimum atomic E-state index is 0.442. The predicted molar refractivity (Wildman–Crippen MR) is 77.7 cm³/mol. The summed E-state index contributed by atoms with van der Waals surface area (Å²) < 4.78 is 0. The van der Waals surface area contributed by atoms with Crippen molar-refractivity contribution in [3.05, 3.63) is 71.3 Å². The van der Waals surface area contributed by atoms with E-state index in [1.165, 1.54) is 5.56 Å². The molecule has 2 rings (SSSR count). The zero-order chi connectivity index (χ0) is 14.1. The molecule has 0 saturated heterocycles. The van der Waals surface area contributed by atoms with Gasteiger partial charge >= 0.3 is 0 Å². The molecule has 2 aromatic rings. The molecule has 0 aliphatic heterocycles. The zero-order valence-electron chi connectivity index (χ0n) is 11.2. The molecule has 0 spiro atoms. The van der Waals surface area contributed by atoms with Gasteiger partial charge in [-0.15, -0.1) is 0 Å². The molecular formula is C17H18O2. The van der Waals surface area contributed by atoms with Crippen LogP contribution in [0.5, 0.6) is 0 Å². The van der Waals surface area contributed by atoms with Crippen LogP contribution in [-0.2, 0) is 0 Å². The number of carbonyl (C=O) groups excluding carboxylic acids is 2. The van der Waals surface area contributed by atoms with Gasteiger partial charge in [0, 0.05) is 11.1 Å². The lowest BCUT2D eigenvalue weighted by molar-refractivity contribution is 0.109. The van der Waals surface area contributed by atoms with Gasteiger partial charge in [0.1, 0.15) is 0 Å². The Morgan fingerprint density at radius 2 is 1.16 bits per heavy atom. The number of rotatable bonds is 3. The van der Waals surface area contributed by atoms with E-state index in [4.69, 9.17) is 0 Å². The van der Waals surface area contributed by atoms with Crippen molar-refractivity contribution in [3.63, 3.8) is 0 Å². The van der Waals surface area contributed by atoms with Crippen LogP contribution in [-0.4, -0.2) is 12.6 Å². The summed E-state index contributed by atoms with van der Waals surface area (Å²) >= 11 is 0. The standard InChI is InChI=1S/C9H12.C8H6O2/c1-8(2)9-6-4-3-5-7-9;9-5-7-3-1-2-4-8(7)6-10/h3-8H,1-2H3;1-6H. The monoisotopic (exact) mass is 254 g/mol. The molecule has 0 amide bonds. The molecule has 2 aromatic carbocycles. The summed E-state index contributed by atoms with van der Waals surface area (Å²) in [5.74, 6) is 0.659.